The van der Waals surface area contributed by atoms with E-state index in [0.717, 1.165) is 31.9 Å². The Hall–Kier alpha value is -1.97. The van der Waals surface area contributed by atoms with Crippen LogP contribution in [0.5, 0.6) is 0 Å². The van der Waals surface area contributed by atoms with E-state index in [-0.39, 0.29) is 0 Å². The molecule has 0 spiro atoms. The number of aliphatic imine (C=N–C) groups is 1. The van der Waals surface area contributed by atoms with Crippen LogP contribution in [-0.4, -0.2) is 31.1 Å². The van der Waals surface area contributed by atoms with Crippen molar-refractivity contribution in [2.75, 3.05) is 20.1 Å². The summed E-state index contributed by atoms with van der Waals surface area (Å²) in [6, 6.07) is 6.39. The summed E-state index contributed by atoms with van der Waals surface area (Å²) in [6.07, 6.45) is 4.26. The quantitative estimate of drug-likeness (QED) is 0.567. The van der Waals surface area contributed by atoms with Crippen molar-refractivity contribution in [3.63, 3.8) is 0 Å². The predicted molar refractivity (Wildman–Crippen MR) is 95.6 cm³/mol. The molecule has 4 nitrogen and oxygen atoms in total. The zero-order valence-corrected chi connectivity index (χ0v) is 14.2. The average Bonchev–Trinajstić information content (AvgIpc) is 2.90. The van der Waals surface area contributed by atoms with Crippen LogP contribution in [0, 0.1) is 12.8 Å². The summed E-state index contributed by atoms with van der Waals surface area (Å²) < 4.78 is 0. The minimum absolute atomic E-state index is 0.708. The van der Waals surface area contributed by atoms with E-state index in [9.17, 15) is 0 Å². The van der Waals surface area contributed by atoms with E-state index in [0.29, 0.717) is 5.92 Å². The molecule has 2 aromatic rings. The van der Waals surface area contributed by atoms with Crippen molar-refractivity contribution in [1.29, 1.82) is 0 Å². The van der Waals surface area contributed by atoms with Gasteiger partial charge in [-0.05, 0) is 42.9 Å². The maximum Gasteiger partial charge on any atom is 0.190 e. The Labute approximate surface area is 133 Å². The van der Waals surface area contributed by atoms with Crippen LogP contribution in [-0.2, 0) is 6.42 Å². The van der Waals surface area contributed by atoms with Gasteiger partial charge in [0.1, 0.15) is 0 Å². The third-order valence-corrected chi connectivity index (χ3v) is 3.92. The number of rotatable bonds is 6. The second kappa shape index (κ2) is 7.87. The zero-order chi connectivity index (χ0) is 15.9. The van der Waals surface area contributed by atoms with Gasteiger partial charge in [-0.3, -0.25) is 4.99 Å². The Bertz CT molecular complexity index is 625. The lowest BCUT2D eigenvalue weighted by molar-refractivity contribution is 0.573. The molecular formula is C18H28N4. The molecule has 120 valence electrons. The van der Waals surface area contributed by atoms with Crippen LogP contribution in [0.4, 0.5) is 0 Å². The zero-order valence-electron chi connectivity index (χ0n) is 14.2. The lowest BCUT2D eigenvalue weighted by atomic mass is 10.1. The summed E-state index contributed by atoms with van der Waals surface area (Å²) in [5, 5.41) is 8.10. The van der Waals surface area contributed by atoms with E-state index in [4.69, 9.17) is 0 Å². The Morgan fingerprint density at radius 2 is 2.00 bits per heavy atom. The standard InChI is InChI=1S/C18H28N4/c1-13(2)8-10-20-18(19-4)21-11-9-15-12-22-16-7-5-6-14(3)17(15)16/h5-7,12-13,22H,8-11H2,1-4H3,(H2,19,20,21). The Morgan fingerprint density at radius 3 is 2.73 bits per heavy atom. The Morgan fingerprint density at radius 1 is 1.23 bits per heavy atom. The minimum Gasteiger partial charge on any atom is -0.361 e. The van der Waals surface area contributed by atoms with Crippen LogP contribution in [0.25, 0.3) is 10.9 Å². The van der Waals surface area contributed by atoms with E-state index >= 15 is 0 Å². The van der Waals surface area contributed by atoms with Crippen molar-refractivity contribution >= 4 is 16.9 Å². The molecule has 3 N–H and O–H groups in total. The van der Waals surface area contributed by atoms with Crippen LogP contribution in [0.3, 0.4) is 0 Å². The summed E-state index contributed by atoms with van der Waals surface area (Å²) in [4.78, 5) is 7.62. The fraction of sp³-hybridized carbons (Fsp3) is 0.500. The number of guanidine groups is 1. The van der Waals surface area contributed by atoms with E-state index < -0.39 is 0 Å². The first-order valence-corrected chi connectivity index (χ1v) is 8.12. The van der Waals surface area contributed by atoms with Gasteiger partial charge in [-0.2, -0.15) is 0 Å². The molecule has 1 aromatic heterocycles. The van der Waals surface area contributed by atoms with Gasteiger partial charge in [0.15, 0.2) is 5.96 Å². The number of hydrogen-bond donors (Lipinski definition) is 3. The third kappa shape index (κ3) is 4.26. The predicted octanol–water partition coefficient (Wildman–Crippen LogP) is 3.23. The van der Waals surface area contributed by atoms with Gasteiger partial charge in [-0.15, -0.1) is 0 Å². The molecule has 0 aliphatic carbocycles. The number of aromatic nitrogens is 1. The number of aryl methyl sites for hydroxylation is 1. The van der Waals surface area contributed by atoms with Crippen molar-refractivity contribution in [2.45, 2.75) is 33.6 Å². The van der Waals surface area contributed by atoms with Crippen molar-refractivity contribution in [3.05, 3.63) is 35.5 Å². The molecule has 22 heavy (non-hydrogen) atoms. The van der Waals surface area contributed by atoms with Crippen LogP contribution >= 0.6 is 0 Å². The maximum absolute atomic E-state index is 4.27. The summed E-state index contributed by atoms with van der Waals surface area (Å²) in [5.74, 6) is 1.59. The van der Waals surface area contributed by atoms with Crippen LogP contribution in [0.2, 0.25) is 0 Å². The number of nitrogens with one attached hydrogen (secondary N) is 3. The fourth-order valence-corrected chi connectivity index (χ4v) is 2.66. The normalized spacial score (nSPS) is 12.1. The van der Waals surface area contributed by atoms with Crippen molar-refractivity contribution in [1.82, 2.24) is 15.6 Å². The smallest absolute Gasteiger partial charge is 0.190 e. The lowest BCUT2D eigenvalue weighted by Gasteiger charge is -2.12. The highest BCUT2D eigenvalue weighted by molar-refractivity contribution is 5.86. The monoisotopic (exact) mass is 300 g/mol. The van der Waals surface area contributed by atoms with Gasteiger partial charge in [0, 0.05) is 37.2 Å². The number of fused-ring (bicyclic) bond motifs is 1. The summed E-state index contributed by atoms with van der Waals surface area (Å²) >= 11 is 0. The number of aromatic amines is 1. The highest BCUT2D eigenvalue weighted by Gasteiger charge is 2.06. The average molecular weight is 300 g/mol. The number of benzene rings is 1. The van der Waals surface area contributed by atoms with Gasteiger partial charge >= 0.3 is 0 Å². The Balaban J connectivity index is 1.87. The Kier molecular flexibility index (Phi) is 5.87. The van der Waals surface area contributed by atoms with E-state index in [1.807, 2.05) is 7.05 Å². The molecule has 1 heterocycles. The van der Waals surface area contributed by atoms with Crippen molar-refractivity contribution in [3.8, 4) is 0 Å². The van der Waals surface area contributed by atoms with Gasteiger partial charge in [-0.1, -0.05) is 26.0 Å². The van der Waals surface area contributed by atoms with Gasteiger partial charge in [0.05, 0.1) is 0 Å². The largest absolute Gasteiger partial charge is 0.361 e. The molecule has 1 aromatic carbocycles. The number of nitrogens with zero attached hydrogens (tertiary/aromatic N) is 1. The lowest BCUT2D eigenvalue weighted by Crippen LogP contribution is -2.39. The molecule has 0 aliphatic heterocycles. The first-order chi connectivity index (χ1) is 10.6. The highest BCUT2D eigenvalue weighted by Crippen LogP contribution is 2.22. The second-order valence-corrected chi connectivity index (χ2v) is 6.17. The van der Waals surface area contributed by atoms with Crippen molar-refractivity contribution in [2.24, 2.45) is 10.9 Å². The maximum atomic E-state index is 4.27. The van der Waals surface area contributed by atoms with E-state index in [1.54, 1.807) is 0 Å². The molecule has 0 amide bonds. The summed E-state index contributed by atoms with van der Waals surface area (Å²) in [6.45, 7) is 8.47. The van der Waals surface area contributed by atoms with Gasteiger partial charge in [0.2, 0.25) is 0 Å². The summed E-state index contributed by atoms with van der Waals surface area (Å²) in [7, 11) is 1.82. The first kappa shape index (κ1) is 16.4. The van der Waals surface area contributed by atoms with Crippen LogP contribution < -0.4 is 10.6 Å². The molecule has 0 radical (unpaired) electrons. The molecule has 0 fully saturated rings. The van der Waals surface area contributed by atoms with Gasteiger partial charge in [0.25, 0.3) is 0 Å². The molecule has 0 saturated heterocycles. The first-order valence-electron chi connectivity index (χ1n) is 8.12. The minimum atomic E-state index is 0.708. The molecule has 0 aliphatic rings. The molecule has 4 heteroatoms. The van der Waals surface area contributed by atoms with Crippen LogP contribution in [0.1, 0.15) is 31.4 Å². The van der Waals surface area contributed by atoms with Crippen molar-refractivity contribution < 1.29 is 0 Å². The number of H-pyrrole nitrogens is 1. The topological polar surface area (TPSA) is 52.2 Å². The molecule has 2 rings (SSSR count). The SMILES string of the molecule is CN=C(NCCc1c[nH]c2cccc(C)c12)NCCC(C)C. The molecule has 0 bridgehead atoms. The fourth-order valence-electron chi connectivity index (χ4n) is 2.66. The van der Waals surface area contributed by atoms with Gasteiger partial charge < -0.3 is 15.6 Å². The molecule has 0 unspecified atom stereocenters. The van der Waals surface area contributed by atoms with E-state index in [1.165, 1.54) is 22.0 Å². The summed E-state index contributed by atoms with van der Waals surface area (Å²) in [5.41, 5.74) is 3.90. The number of hydrogen-bond acceptors (Lipinski definition) is 1. The molecular weight excluding hydrogens is 272 g/mol. The molecule has 0 atom stereocenters. The van der Waals surface area contributed by atoms with Gasteiger partial charge in [-0.25, -0.2) is 0 Å². The highest BCUT2D eigenvalue weighted by atomic mass is 15.2. The van der Waals surface area contributed by atoms with Crippen LogP contribution in [0.15, 0.2) is 29.4 Å². The molecule has 0 saturated carbocycles. The van der Waals surface area contributed by atoms with E-state index in [2.05, 4.69) is 65.8 Å². The third-order valence-electron chi connectivity index (χ3n) is 3.92. The second-order valence-electron chi connectivity index (χ2n) is 6.17.